The van der Waals surface area contributed by atoms with E-state index >= 15 is 0 Å². The fourth-order valence-electron chi connectivity index (χ4n) is 3.29. The van der Waals surface area contributed by atoms with Crippen molar-refractivity contribution < 1.29 is 19.5 Å². The van der Waals surface area contributed by atoms with Crippen molar-refractivity contribution >= 4 is 35.0 Å². The van der Waals surface area contributed by atoms with Gasteiger partial charge in [-0.05, 0) is 49.2 Å². The Balaban J connectivity index is 1.59. The van der Waals surface area contributed by atoms with Gasteiger partial charge in [0, 0.05) is 22.2 Å². The topological polar surface area (TPSA) is 108 Å². The molecule has 0 spiro atoms. The van der Waals surface area contributed by atoms with Crippen LogP contribution < -0.4 is 16.2 Å². The highest BCUT2D eigenvalue weighted by Gasteiger charge is 2.21. The van der Waals surface area contributed by atoms with Crippen LogP contribution in [-0.2, 0) is 4.79 Å². The van der Waals surface area contributed by atoms with Crippen molar-refractivity contribution in [2.24, 2.45) is 5.92 Å². The number of nitrogens with one attached hydrogen (secondary N) is 3. The van der Waals surface area contributed by atoms with Crippen LogP contribution in [0.25, 0.3) is 0 Å². The maximum absolute atomic E-state index is 12.4. The number of hydrazine groups is 1. The Bertz CT molecular complexity index is 926. The van der Waals surface area contributed by atoms with E-state index in [0.717, 1.165) is 32.1 Å². The van der Waals surface area contributed by atoms with Gasteiger partial charge in [0.1, 0.15) is 5.75 Å². The van der Waals surface area contributed by atoms with Gasteiger partial charge in [-0.1, -0.05) is 36.9 Å². The van der Waals surface area contributed by atoms with Crippen molar-refractivity contribution in [3.05, 3.63) is 58.6 Å². The van der Waals surface area contributed by atoms with Crippen molar-refractivity contribution in [2.75, 3.05) is 5.32 Å². The second-order valence-corrected chi connectivity index (χ2v) is 7.41. The molecule has 1 aliphatic rings. The number of amides is 3. The third-order valence-corrected chi connectivity index (χ3v) is 5.10. The number of aromatic hydroxyl groups is 1. The molecule has 4 N–H and O–H groups in total. The molecular formula is C21H22ClN3O4. The summed E-state index contributed by atoms with van der Waals surface area (Å²) in [5.74, 6) is -1.56. The van der Waals surface area contributed by atoms with Crippen LogP contribution in [0.5, 0.6) is 5.75 Å². The summed E-state index contributed by atoms with van der Waals surface area (Å²) in [6, 6.07) is 10.5. The van der Waals surface area contributed by atoms with Gasteiger partial charge in [-0.25, -0.2) is 0 Å². The Morgan fingerprint density at radius 3 is 2.41 bits per heavy atom. The number of carbonyl (C=O) groups is 3. The Labute approximate surface area is 173 Å². The number of hydrogen-bond donors (Lipinski definition) is 4. The minimum absolute atomic E-state index is 0.00546. The van der Waals surface area contributed by atoms with Gasteiger partial charge in [0.15, 0.2) is 0 Å². The average molecular weight is 416 g/mol. The van der Waals surface area contributed by atoms with E-state index in [2.05, 4.69) is 16.2 Å². The minimum atomic E-state index is -0.708. The predicted octanol–water partition coefficient (Wildman–Crippen LogP) is 3.64. The van der Waals surface area contributed by atoms with E-state index in [-0.39, 0.29) is 33.7 Å². The fourth-order valence-corrected chi connectivity index (χ4v) is 3.46. The molecule has 29 heavy (non-hydrogen) atoms. The zero-order chi connectivity index (χ0) is 20.8. The van der Waals surface area contributed by atoms with E-state index in [4.69, 9.17) is 11.6 Å². The molecular weight excluding hydrogens is 394 g/mol. The van der Waals surface area contributed by atoms with Crippen LogP contribution in [-0.4, -0.2) is 22.8 Å². The lowest BCUT2D eigenvalue weighted by molar-refractivity contribution is -0.120. The maximum Gasteiger partial charge on any atom is 0.273 e. The lowest BCUT2D eigenvalue weighted by Crippen LogP contribution is -2.41. The SMILES string of the molecule is O=C(NNC(=O)c1cc(Cl)ccc1O)c1cccc(NC(=O)C2CCCCC2)c1. The fraction of sp³-hybridized carbons (Fsp3) is 0.286. The van der Waals surface area contributed by atoms with E-state index < -0.39 is 11.8 Å². The summed E-state index contributed by atoms with van der Waals surface area (Å²) >= 11 is 5.82. The number of anilines is 1. The Morgan fingerprint density at radius 2 is 1.66 bits per heavy atom. The predicted molar refractivity (Wildman–Crippen MR) is 110 cm³/mol. The Hall–Kier alpha value is -3.06. The monoisotopic (exact) mass is 415 g/mol. The highest BCUT2D eigenvalue weighted by Crippen LogP contribution is 2.25. The first kappa shape index (κ1) is 20.7. The normalized spacial score (nSPS) is 14.1. The molecule has 1 saturated carbocycles. The first-order valence-electron chi connectivity index (χ1n) is 9.44. The zero-order valence-electron chi connectivity index (χ0n) is 15.7. The van der Waals surface area contributed by atoms with Crippen LogP contribution in [0.3, 0.4) is 0 Å². The van der Waals surface area contributed by atoms with E-state index in [1.165, 1.54) is 18.2 Å². The Kier molecular flexibility index (Phi) is 6.72. The number of hydrogen-bond acceptors (Lipinski definition) is 4. The molecule has 7 nitrogen and oxygen atoms in total. The third kappa shape index (κ3) is 5.48. The summed E-state index contributed by atoms with van der Waals surface area (Å²) in [5.41, 5.74) is 5.24. The number of benzene rings is 2. The van der Waals surface area contributed by atoms with Gasteiger partial charge >= 0.3 is 0 Å². The minimum Gasteiger partial charge on any atom is -0.507 e. The lowest BCUT2D eigenvalue weighted by atomic mass is 9.88. The van der Waals surface area contributed by atoms with Gasteiger partial charge in [-0.15, -0.1) is 0 Å². The molecule has 0 atom stereocenters. The molecule has 2 aromatic carbocycles. The molecule has 0 bridgehead atoms. The van der Waals surface area contributed by atoms with Crippen LogP contribution in [0, 0.1) is 5.92 Å². The van der Waals surface area contributed by atoms with Crippen molar-refractivity contribution in [1.29, 1.82) is 0 Å². The van der Waals surface area contributed by atoms with Crippen LogP contribution in [0.1, 0.15) is 52.8 Å². The molecule has 0 radical (unpaired) electrons. The number of phenols is 1. The van der Waals surface area contributed by atoms with Gasteiger partial charge in [0.2, 0.25) is 5.91 Å². The van der Waals surface area contributed by atoms with E-state index in [1.807, 2.05) is 0 Å². The van der Waals surface area contributed by atoms with E-state index in [9.17, 15) is 19.5 Å². The third-order valence-electron chi connectivity index (χ3n) is 4.86. The summed E-state index contributed by atoms with van der Waals surface area (Å²) in [6.45, 7) is 0. The van der Waals surface area contributed by atoms with Crippen LogP contribution in [0.2, 0.25) is 5.02 Å². The maximum atomic E-state index is 12.4. The average Bonchev–Trinajstić information content (AvgIpc) is 2.74. The molecule has 1 aliphatic carbocycles. The van der Waals surface area contributed by atoms with Crippen LogP contribution >= 0.6 is 11.6 Å². The standard InChI is InChI=1S/C21H22ClN3O4/c22-15-9-10-18(26)17(12-15)21(29)25-24-20(28)14-7-4-8-16(11-14)23-19(27)13-5-2-1-3-6-13/h4,7-13,26H,1-3,5-6H2,(H,23,27)(H,24,28)(H,25,29). The van der Waals surface area contributed by atoms with Crippen molar-refractivity contribution in [3.63, 3.8) is 0 Å². The van der Waals surface area contributed by atoms with Crippen LogP contribution in [0.4, 0.5) is 5.69 Å². The summed E-state index contributed by atoms with van der Waals surface area (Å²) in [5, 5.41) is 12.9. The molecule has 3 amide bonds. The van der Waals surface area contributed by atoms with Gasteiger partial charge in [0.05, 0.1) is 5.56 Å². The Morgan fingerprint density at radius 1 is 0.931 bits per heavy atom. The molecule has 1 fully saturated rings. The summed E-state index contributed by atoms with van der Waals surface area (Å²) in [7, 11) is 0. The number of rotatable bonds is 4. The summed E-state index contributed by atoms with van der Waals surface area (Å²) in [4.78, 5) is 36.9. The van der Waals surface area contributed by atoms with Gasteiger partial charge in [-0.2, -0.15) is 0 Å². The van der Waals surface area contributed by atoms with Crippen molar-refractivity contribution in [2.45, 2.75) is 32.1 Å². The molecule has 2 aromatic rings. The van der Waals surface area contributed by atoms with Crippen molar-refractivity contribution in [3.8, 4) is 5.75 Å². The molecule has 0 saturated heterocycles. The largest absolute Gasteiger partial charge is 0.507 e. The van der Waals surface area contributed by atoms with E-state index in [1.54, 1.807) is 24.3 Å². The summed E-state index contributed by atoms with van der Waals surface area (Å²) < 4.78 is 0. The van der Waals surface area contributed by atoms with Crippen LogP contribution in [0.15, 0.2) is 42.5 Å². The smallest absolute Gasteiger partial charge is 0.273 e. The van der Waals surface area contributed by atoms with Crippen molar-refractivity contribution in [1.82, 2.24) is 10.9 Å². The molecule has 3 rings (SSSR count). The van der Waals surface area contributed by atoms with Gasteiger partial charge in [-0.3, -0.25) is 25.2 Å². The van der Waals surface area contributed by atoms with Gasteiger partial charge < -0.3 is 10.4 Å². The molecule has 0 heterocycles. The number of phenolic OH excluding ortho intramolecular Hbond substituents is 1. The molecule has 8 heteroatoms. The zero-order valence-corrected chi connectivity index (χ0v) is 16.5. The first-order valence-corrected chi connectivity index (χ1v) is 9.82. The molecule has 152 valence electrons. The first-order chi connectivity index (χ1) is 13.9. The second-order valence-electron chi connectivity index (χ2n) is 6.97. The summed E-state index contributed by atoms with van der Waals surface area (Å²) in [6.07, 6.45) is 5.05. The quantitative estimate of drug-likeness (QED) is 0.572. The highest BCUT2D eigenvalue weighted by atomic mass is 35.5. The van der Waals surface area contributed by atoms with Gasteiger partial charge in [0.25, 0.3) is 11.8 Å². The molecule has 0 aliphatic heterocycles. The number of carbonyl (C=O) groups excluding carboxylic acids is 3. The molecule has 0 unspecified atom stereocenters. The lowest BCUT2D eigenvalue weighted by Gasteiger charge is -2.20. The number of halogens is 1. The van der Waals surface area contributed by atoms with E-state index in [0.29, 0.717) is 5.69 Å². The molecule has 0 aromatic heterocycles. The second kappa shape index (κ2) is 9.43. The highest BCUT2D eigenvalue weighted by molar-refractivity contribution is 6.31.